The molecule has 0 bridgehead atoms. The summed E-state index contributed by atoms with van der Waals surface area (Å²) in [4.78, 5) is 6.81. The highest BCUT2D eigenvalue weighted by Gasteiger charge is 2.23. The number of aliphatic hydroxyl groups excluding tert-OH is 1. The third kappa shape index (κ3) is 4.18. The van der Waals surface area contributed by atoms with Gasteiger partial charge in [0.25, 0.3) is 0 Å². The average molecular weight is 301 g/mol. The summed E-state index contributed by atoms with van der Waals surface area (Å²) in [5.74, 6) is 1.44. The maximum Gasteiger partial charge on any atom is 0.122 e. The number of aromatic nitrogens is 2. The molecule has 1 aromatic heterocycles. The van der Waals surface area contributed by atoms with Crippen molar-refractivity contribution < 1.29 is 5.11 Å². The van der Waals surface area contributed by atoms with Crippen LogP contribution in [-0.4, -0.2) is 32.2 Å². The molecule has 4 heteroatoms. The van der Waals surface area contributed by atoms with E-state index in [2.05, 4.69) is 59.5 Å². The van der Waals surface area contributed by atoms with Crippen molar-refractivity contribution in [2.24, 2.45) is 5.92 Å². The Kier molecular flexibility index (Phi) is 6.16. The lowest BCUT2D eigenvalue weighted by Gasteiger charge is -2.33. The van der Waals surface area contributed by atoms with Crippen LogP contribution in [0.2, 0.25) is 0 Å². The molecule has 0 amide bonds. The number of nitrogens with zero attached hydrogens (tertiary/aromatic N) is 3. The Hall–Kier alpha value is -1.65. The molecule has 1 heterocycles. The molecule has 0 spiro atoms. The highest BCUT2D eigenvalue weighted by atomic mass is 16.3. The maximum atomic E-state index is 9.83. The molecule has 2 aromatic rings. The quantitative estimate of drug-likeness (QED) is 0.815. The molecule has 1 unspecified atom stereocenters. The van der Waals surface area contributed by atoms with E-state index in [1.807, 2.05) is 18.5 Å². The van der Waals surface area contributed by atoms with Gasteiger partial charge >= 0.3 is 0 Å². The van der Waals surface area contributed by atoms with E-state index < -0.39 is 0 Å². The summed E-state index contributed by atoms with van der Waals surface area (Å²) in [5, 5.41) is 9.83. The minimum absolute atomic E-state index is 0.127. The van der Waals surface area contributed by atoms with Crippen LogP contribution in [0.15, 0.2) is 42.7 Å². The van der Waals surface area contributed by atoms with E-state index in [-0.39, 0.29) is 12.6 Å². The molecule has 22 heavy (non-hydrogen) atoms. The molecule has 0 saturated heterocycles. The Morgan fingerprint density at radius 1 is 1.18 bits per heavy atom. The second kappa shape index (κ2) is 8.11. The summed E-state index contributed by atoms with van der Waals surface area (Å²) in [7, 11) is 0. The molecular formula is C18H27N3O. The number of aryl methyl sites for hydroxylation is 1. The zero-order valence-corrected chi connectivity index (χ0v) is 13.8. The molecule has 4 nitrogen and oxygen atoms in total. The molecule has 0 aliphatic rings. The summed E-state index contributed by atoms with van der Waals surface area (Å²) in [6.45, 7) is 9.09. The Labute approximate surface area is 133 Å². The van der Waals surface area contributed by atoms with Crippen molar-refractivity contribution in [2.45, 2.75) is 46.4 Å². The van der Waals surface area contributed by atoms with Gasteiger partial charge in [-0.15, -0.1) is 0 Å². The molecule has 0 radical (unpaired) electrons. The second-order valence-electron chi connectivity index (χ2n) is 6.01. The molecule has 0 aliphatic carbocycles. The van der Waals surface area contributed by atoms with E-state index in [1.165, 1.54) is 5.56 Å². The fourth-order valence-corrected chi connectivity index (χ4v) is 2.82. The number of benzene rings is 1. The molecule has 1 N–H and O–H groups in total. The van der Waals surface area contributed by atoms with E-state index in [4.69, 9.17) is 0 Å². The van der Waals surface area contributed by atoms with Gasteiger partial charge in [0.1, 0.15) is 5.82 Å². The summed E-state index contributed by atoms with van der Waals surface area (Å²) >= 11 is 0. The molecular weight excluding hydrogens is 274 g/mol. The lowest BCUT2D eigenvalue weighted by Crippen LogP contribution is -2.41. The highest BCUT2D eigenvalue weighted by molar-refractivity contribution is 5.14. The van der Waals surface area contributed by atoms with Crippen molar-refractivity contribution in [3.05, 3.63) is 54.1 Å². The maximum absolute atomic E-state index is 9.83. The van der Waals surface area contributed by atoms with Gasteiger partial charge in [-0.3, -0.25) is 4.90 Å². The van der Waals surface area contributed by atoms with E-state index in [0.29, 0.717) is 5.92 Å². The molecule has 0 saturated carbocycles. The van der Waals surface area contributed by atoms with Gasteiger partial charge in [0.05, 0.1) is 13.2 Å². The fraction of sp³-hybridized carbons (Fsp3) is 0.500. The van der Waals surface area contributed by atoms with Crippen LogP contribution >= 0.6 is 0 Å². The topological polar surface area (TPSA) is 41.3 Å². The average Bonchev–Trinajstić information content (AvgIpc) is 2.95. The number of rotatable bonds is 8. The fourth-order valence-electron chi connectivity index (χ4n) is 2.82. The van der Waals surface area contributed by atoms with Crippen LogP contribution in [0.1, 0.15) is 32.2 Å². The van der Waals surface area contributed by atoms with Crippen LogP contribution in [0.5, 0.6) is 0 Å². The first kappa shape index (κ1) is 16.7. The first-order valence-corrected chi connectivity index (χ1v) is 8.04. The monoisotopic (exact) mass is 301 g/mol. The van der Waals surface area contributed by atoms with Gasteiger partial charge in [-0.25, -0.2) is 4.98 Å². The summed E-state index contributed by atoms with van der Waals surface area (Å²) in [6.07, 6.45) is 3.86. The zero-order chi connectivity index (χ0) is 15.9. The Bertz CT molecular complexity index is 550. The van der Waals surface area contributed by atoms with Crippen LogP contribution < -0.4 is 0 Å². The van der Waals surface area contributed by atoms with Crippen molar-refractivity contribution in [3.8, 4) is 0 Å². The van der Waals surface area contributed by atoms with E-state index in [9.17, 15) is 5.11 Å². The smallest absolute Gasteiger partial charge is 0.122 e. The van der Waals surface area contributed by atoms with Gasteiger partial charge in [-0.2, -0.15) is 0 Å². The van der Waals surface area contributed by atoms with Crippen molar-refractivity contribution in [1.82, 2.24) is 14.5 Å². The number of hydrogen-bond donors (Lipinski definition) is 1. The Balaban J connectivity index is 2.21. The van der Waals surface area contributed by atoms with Gasteiger partial charge in [0.2, 0.25) is 0 Å². The zero-order valence-electron chi connectivity index (χ0n) is 13.8. The largest absolute Gasteiger partial charge is 0.395 e. The number of aliphatic hydroxyl groups is 1. The Morgan fingerprint density at radius 2 is 1.91 bits per heavy atom. The minimum Gasteiger partial charge on any atom is -0.395 e. The van der Waals surface area contributed by atoms with Crippen LogP contribution in [0, 0.1) is 5.92 Å². The number of imidazole rings is 1. The third-order valence-corrected chi connectivity index (χ3v) is 4.14. The first-order chi connectivity index (χ1) is 10.7. The van der Waals surface area contributed by atoms with Gasteiger partial charge in [0, 0.05) is 31.5 Å². The Morgan fingerprint density at radius 3 is 2.50 bits per heavy atom. The molecule has 1 aromatic carbocycles. The van der Waals surface area contributed by atoms with Gasteiger partial charge in [-0.05, 0) is 18.4 Å². The van der Waals surface area contributed by atoms with Crippen molar-refractivity contribution >= 4 is 0 Å². The van der Waals surface area contributed by atoms with Gasteiger partial charge in [-0.1, -0.05) is 44.2 Å². The van der Waals surface area contributed by atoms with Gasteiger partial charge in [0.15, 0.2) is 0 Å². The summed E-state index contributed by atoms with van der Waals surface area (Å²) < 4.78 is 2.16. The van der Waals surface area contributed by atoms with Crippen LogP contribution in [0.3, 0.4) is 0 Å². The van der Waals surface area contributed by atoms with Crippen LogP contribution in [-0.2, 0) is 19.6 Å². The van der Waals surface area contributed by atoms with Crippen LogP contribution in [0.4, 0.5) is 0 Å². The molecule has 0 aliphatic heterocycles. The number of hydrogen-bond acceptors (Lipinski definition) is 3. The van der Waals surface area contributed by atoms with Crippen molar-refractivity contribution in [1.29, 1.82) is 0 Å². The minimum atomic E-state index is 0.127. The standard InChI is InChI=1S/C18H27N3O/c1-4-20-11-10-19-18(20)13-21(17(14-22)15(2)3)12-16-8-6-5-7-9-16/h5-11,15,17,22H,4,12-14H2,1-3H3. The predicted octanol–water partition coefficient (Wildman–Crippen LogP) is 2.92. The molecule has 120 valence electrons. The first-order valence-electron chi connectivity index (χ1n) is 8.04. The van der Waals surface area contributed by atoms with Gasteiger partial charge < -0.3 is 9.67 Å². The normalized spacial score (nSPS) is 13.0. The lowest BCUT2D eigenvalue weighted by molar-refractivity contribution is 0.0754. The molecule has 0 fully saturated rings. The van der Waals surface area contributed by atoms with Crippen molar-refractivity contribution in [3.63, 3.8) is 0 Å². The van der Waals surface area contributed by atoms with E-state index in [1.54, 1.807) is 0 Å². The summed E-state index contributed by atoms with van der Waals surface area (Å²) in [6, 6.07) is 10.5. The third-order valence-electron chi connectivity index (χ3n) is 4.14. The van der Waals surface area contributed by atoms with E-state index >= 15 is 0 Å². The predicted molar refractivity (Wildman–Crippen MR) is 89.3 cm³/mol. The SMILES string of the molecule is CCn1ccnc1CN(Cc1ccccc1)C(CO)C(C)C. The molecule has 1 atom stereocenters. The molecule has 2 rings (SSSR count). The van der Waals surface area contributed by atoms with Crippen LogP contribution in [0.25, 0.3) is 0 Å². The summed E-state index contributed by atoms with van der Waals surface area (Å²) in [5.41, 5.74) is 1.26. The van der Waals surface area contributed by atoms with E-state index in [0.717, 1.165) is 25.5 Å². The second-order valence-corrected chi connectivity index (χ2v) is 6.01. The van der Waals surface area contributed by atoms with Crippen molar-refractivity contribution in [2.75, 3.05) is 6.61 Å². The highest BCUT2D eigenvalue weighted by Crippen LogP contribution is 2.17. The lowest BCUT2D eigenvalue weighted by atomic mass is 10.0.